The van der Waals surface area contributed by atoms with Crippen molar-refractivity contribution in [2.24, 2.45) is 0 Å². The maximum absolute atomic E-state index is 12.3. The highest BCUT2D eigenvalue weighted by molar-refractivity contribution is 7.12. The lowest BCUT2D eigenvalue weighted by molar-refractivity contribution is -0.0401. The van der Waals surface area contributed by atoms with Crippen LogP contribution in [0.1, 0.15) is 28.9 Å². The number of nitrogens with zero attached hydrogens (tertiary/aromatic N) is 1. The molecule has 0 aromatic carbocycles. The van der Waals surface area contributed by atoms with Crippen molar-refractivity contribution in [1.29, 1.82) is 0 Å². The number of rotatable bonds is 2. The predicted molar refractivity (Wildman–Crippen MR) is 73.6 cm³/mol. The molecule has 2 saturated heterocycles. The van der Waals surface area contributed by atoms with Crippen LogP contribution in [-0.2, 0) is 9.47 Å². The zero-order chi connectivity index (χ0) is 13.3. The van der Waals surface area contributed by atoms with Crippen molar-refractivity contribution < 1.29 is 14.3 Å². The van der Waals surface area contributed by atoms with Crippen LogP contribution < -0.4 is 0 Å². The van der Waals surface area contributed by atoms with E-state index in [4.69, 9.17) is 9.47 Å². The van der Waals surface area contributed by atoms with Crippen LogP contribution >= 0.6 is 11.3 Å². The van der Waals surface area contributed by atoms with Gasteiger partial charge >= 0.3 is 0 Å². The van der Waals surface area contributed by atoms with Gasteiger partial charge in [-0.05, 0) is 24.3 Å². The standard InChI is InChI=1S/C14H19NO3S/c1-17-11-9-14(18-10-11)4-6-15(7-5-14)13(16)12-3-2-8-19-12/h2-3,8,11H,4-7,9-10H2,1H3/t11-/m0/s1. The van der Waals surface area contributed by atoms with Crippen LogP contribution in [0.15, 0.2) is 17.5 Å². The van der Waals surface area contributed by atoms with Gasteiger partial charge in [-0.2, -0.15) is 0 Å². The Morgan fingerprint density at radius 1 is 1.53 bits per heavy atom. The number of carbonyl (C=O) groups is 1. The quantitative estimate of drug-likeness (QED) is 0.834. The van der Waals surface area contributed by atoms with Crippen molar-refractivity contribution in [3.05, 3.63) is 22.4 Å². The SMILES string of the molecule is CO[C@@H]1COC2(CCN(C(=O)c3cccs3)CC2)C1. The Hall–Kier alpha value is -0.910. The van der Waals surface area contributed by atoms with E-state index in [1.807, 2.05) is 22.4 Å². The van der Waals surface area contributed by atoms with E-state index in [2.05, 4.69) is 0 Å². The molecule has 104 valence electrons. The Labute approximate surface area is 117 Å². The van der Waals surface area contributed by atoms with Crippen LogP contribution in [0, 0.1) is 0 Å². The van der Waals surface area contributed by atoms with Gasteiger partial charge < -0.3 is 14.4 Å². The van der Waals surface area contributed by atoms with E-state index in [9.17, 15) is 4.79 Å². The summed E-state index contributed by atoms with van der Waals surface area (Å²) in [6.45, 7) is 2.26. The van der Waals surface area contributed by atoms with Gasteiger partial charge in [0.15, 0.2) is 0 Å². The summed E-state index contributed by atoms with van der Waals surface area (Å²) in [5, 5.41) is 1.95. The Balaban J connectivity index is 1.59. The van der Waals surface area contributed by atoms with E-state index >= 15 is 0 Å². The molecule has 2 aliphatic rings. The number of carbonyl (C=O) groups excluding carboxylic acids is 1. The van der Waals surface area contributed by atoms with E-state index in [1.54, 1.807) is 7.11 Å². The molecule has 0 unspecified atom stereocenters. The van der Waals surface area contributed by atoms with Crippen LogP contribution in [0.4, 0.5) is 0 Å². The molecule has 0 N–H and O–H groups in total. The second-order valence-corrected chi connectivity index (χ2v) is 6.27. The summed E-state index contributed by atoms with van der Waals surface area (Å²) in [6, 6.07) is 3.82. The van der Waals surface area contributed by atoms with Gasteiger partial charge in [0.2, 0.25) is 0 Å². The molecular formula is C14H19NO3S. The van der Waals surface area contributed by atoms with Crippen LogP contribution in [-0.4, -0.2) is 49.3 Å². The molecular weight excluding hydrogens is 262 g/mol. The number of methoxy groups -OCH3 is 1. The molecule has 1 spiro atoms. The molecule has 3 heterocycles. The highest BCUT2D eigenvalue weighted by Crippen LogP contribution is 2.37. The van der Waals surface area contributed by atoms with Crippen LogP contribution in [0.3, 0.4) is 0 Å². The first-order valence-electron chi connectivity index (χ1n) is 6.72. The zero-order valence-corrected chi connectivity index (χ0v) is 11.9. The Kier molecular flexibility index (Phi) is 3.60. The monoisotopic (exact) mass is 281 g/mol. The van der Waals surface area contributed by atoms with Gasteiger partial charge in [-0.1, -0.05) is 6.07 Å². The highest BCUT2D eigenvalue weighted by atomic mass is 32.1. The maximum Gasteiger partial charge on any atom is 0.263 e. The number of hydrogen-bond acceptors (Lipinski definition) is 4. The van der Waals surface area contributed by atoms with Crippen LogP contribution in [0.5, 0.6) is 0 Å². The minimum Gasteiger partial charge on any atom is -0.379 e. The third-order valence-electron chi connectivity index (χ3n) is 4.20. The third kappa shape index (κ3) is 2.55. The molecule has 19 heavy (non-hydrogen) atoms. The summed E-state index contributed by atoms with van der Waals surface area (Å²) >= 11 is 1.51. The van der Waals surface area contributed by atoms with Gasteiger partial charge in [0.25, 0.3) is 5.91 Å². The number of hydrogen-bond donors (Lipinski definition) is 0. The summed E-state index contributed by atoms with van der Waals surface area (Å²) in [4.78, 5) is 15.0. The number of amides is 1. The molecule has 3 rings (SSSR count). The molecule has 4 nitrogen and oxygen atoms in total. The van der Waals surface area contributed by atoms with Crippen molar-refractivity contribution in [3.8, 4) is 0 Å². The molecule has 1 aromatic rings. The van der Waals surface area contributed by atoms with Gasteiger partial charge in [0, 0.05) is 26.6 Å². The van der Waals surface area contributed by atoms with Crippen LogP contribution in [0.25, 0.3) is 0 Å². The smallest absolute Gasteiger partial charge is 0.263 e. The van der Waals surface area contributed by atoms with E-state index in [-0.39, 0.29) is 17.6 Å². The molecule has 0 radical (unpaired) electrons. The normalized spacial score (nSPS) is 25.9. The fourth-order valence-corrected chi connectivity index (χ4v) is 3.67. The molecule has 0 bridgehead atoms. The van der Waals surface area contributed by atoms with E-state index < -0.39 is 0 Å². The van der Waals surface area contributed by atoms with E-state index in [0.29, 0.717) is 6.61 Å². The van der Waals surface area contributed by atoms with Gasteiger partial charge in [0.05, 0.1) is 23.2 Å². The topological polar surface area (TPSA) is 38.8 Å². The minimum atomic E-state index is -0.0487. The first-order chi connectivity index (χ1) is 9.22. The zero-order valence-electron chi connectivity index (χ0n) is 11.1. The first kappa shape index (κ1) is 13.1. The summed E-state index contributed by atoms with van der Waals surface area (Å²) in [7, 11) is 1.74. The second-order valence-electron chi connectivity index (χ2n) is 5.33. The third-order valence-corrected chi connectivity index (χ3v) is 5.06. The average Bonchev–Trinajstić information content (AvgIpc) is 3.09. The lowest BCUT2D eigenvalue weighted by Gasteiger charge is -2.38. The minimum absolute atomic E-state index is 0.0487. The average molecular weight is 281 g/mol. The number of likely N-dealkylation sites (tertiary alicyclic amines) is 1. The summed E-state index contributed by atoms with van der Waals surface area (Å²) in [5.74, 6) is 0.158. The van der Waals surface area contributed by atoms with E-state index in [1.165, 1.54) is 11.3 Å². The van der Waals surface area contributed by atoms with Gasteiger partial charge in [-0.25, -0.2) is 0 Å². The number of thiophene rings is 1. The van der Waals surface area contributed by atoms with Gasteiger partial charge in [-0.15, -0.1) is 11.3 Å². The van der Waals surface area contributed by atoms with E-state index in [0.717, 1.165) is 37.2 Å². The van der Waals surface area contributed by atoms with Crippen LogP contribution in [0.2, 0.25) is 0 Å². The lowest BCUT2D eigenvalue weighted by atomic mass is 9.88. The number of piperidine rings is 1. The fraction of sp³-hybridized carbons (Fsp3) is 0.643. The van der Waals surface area contributed by atoms with Crippen molar-refractivity contribution in [2.75, 3.05) is 26.8 Å². The number of ether oxygens (including phenoxy) is 2. The summed E-state index contributed by atoms with van der Waals surface area (Å²) < 4.78 is 11.3. The van der Waals surface area contributed by atoms with Crippen molar-refractivity contribution >= 4 is 17.2 Å². The van der Waals surface area contributed by atoms with Crippen molar-refractivity contribution in [2.45, 2.75) is 31.0 Å². The molecule has 1 amide bonds. The predicted octanol–water partition coefficient (Wildman–Crippen LogP) is 2.16. The first-order valence-corrected chi connectivity index (χ1v) is 7.60. The fourth-order valence-electron chi connectivity index (χ4n) is 2.98. The van der Waals surface area contributed by atoms with Crippen molar-refractivity contribution in [1.82, 2.24) is 4.90 Å². The molecule has 2 aliphatic heterocycles. The Morgan fingerprint density at radius 2 is 2.32 bits per heavy atom. The van der Waals surface area contributed by atoms with Gasteiger partial charge in [-0.3, -0.25) is 4.79 Å². The van der Waals surface area contributed by atoms with Crippen molar-refractivity contribution in [3.63, 3.8) is 0 Å². The molecule has 1 atom stereocenters. The Morgan fingerprint density at radius 3 is 2.89 bits per heavy atom. The highest BCUT2D eigenvalue weighted by Gasteiger charge is 2.43. The molecule has 5 heteroatoms. The lowest BCUT2D eigenvalue weighted by Crippen LogP contribution is -2.46. The Bertz CT molecular complexity index is 438. The molecule has 0 saturated carbocycles. The second kappa shape index (κ2) is 5.23. The van der Waals surface area contributed by atoms with Gasteiger partial charge in [0.1, 0.15) is 0 Å². The summed E-state index contributed by atoms with van der Waals surface area (Å²) in [5.41, 5.74) is -0.0487. The maximum atomic E-state index is 12.3. The molecule has 1 aromatic heterocycles. The molecule has 0 aliphatic carbocycles. The molecule has 2 fully saturated rings. The largest absolute Gasteiger partial charge is 0.379 e. The summed E-state index contributed by atoms with van der Waals surface area (Å²) in [6.07, 6.45) is 3.03.